The number of rotatable bonds is 4. The molecule has 1 fully saturated rings. The zero-order chi connectivity index (χ0) is 18.1. The minimum absolute atomic E-state index is 0.231. The van der Waals surface area contributed by atoms with Crippen molar-refractivity contribution in [2.75, 3.05) is 13.6 Å². The van der Waals surface area contributed by atoms with Gasteiger partial charge in [0.2, 0.25) is 0 Å². The van der Waals surface area contributed by atoms with Crippen LogP contribution in [-0.2, 0) is 4.74 Å². The van der Waals surface area contributed by atoms with Crippen LogP contribution >= 0.6 is 0 Å². The Hall–Kier alpha value is -2.39. The van der Waals surface area contributed by atoms with Crippen molar-refractivity contribution in [1.29, 1.82) is 0 Å². The molecule has 4 atom stereocenters. The number of carbonyl (C=O) groups excluding carboxylic acids is 1. The molecule has 2 bridgehead atoms. The summed E-state index contributed by atoms with van der Waals surface area (Å²) >= 11 is 0. The van der Waals surface area contributed by atoms with Gasteiger partial charge in [-0.25, -0.2) is 4.79 Å². The fourth-order valence-electron chi connectivity index (χ4n) is 4.30. The zero-order valence-electron chi connectivity index (χ0n) is 15.3. The number of esters is 1. The first-order valence-corrected chi connectivity index (χ1v) is 9.33. The molecule has 2 aliphatic heterocycles. The second-order valence-electron chi connectivity index (χ2n) is 7.58. The van der Waals surface area contributed by atoms with Crippen molar-refractivity contribution >= 4 is 5.97 Å². The molecule has 5 rings (SSSR count). The monoisotopic (exact) mass is 347 g/mol. The fourth-order valence-corrected chi connectivity index (χ4v) is 4.30. The number of carbonyl (C=O) groups is 1. The van der Waals surface area contributed by atoms with Crippen LogP contribution in [0.4, 0.5) is 0 Å². The minimum atomic E-state index is -0.244. The molecule has 26 heavy (non-hydrogen) atoms. The van der Waals surface area contributed by atoms with E-state index in [2.05, 4.69) is 36.2 Å². The SMILES string of the molecule is Cc1ccc(C(=O)OC(c2ccccc2)C2CC3C=CC2N(C)C3)cc1. The van der Waals surface area contributed by atoms with Crippen LogP contribution in [0.2, 0.25) is 0 Å². The van der Waals surface area contributed by atoms with E-state index in [1.807, 2.05) is 49.4 Å². The van der Waals surface area contributed by atoms with Crippen LogP contribution in [0.25, 0.3) is 0 Å². The highest BCUT2D eigenvalue weighted by Crippen LogP contribution is 2.42. The number of hydrogen-bond donors (Lipinski definition) is 0. The molecular formula is C23H25NO2. The lowest BCUT2D eigenvalue weighted by atomic mass is 9.73. The molecule has 0 N–H and O–H groups in total. The summed E-state index contributed by atoms with van der Waals surface area (Å²) in [5, 5.41) is 0. The number of nitrogens with zero attached hydrogens (tertiary/aromatic N) is 1. The summed E-state index contributed by atoms with van der Waals surface area (Å²) in [6.45, 7) is 3.11. The molecule has 3 aliphatic rings. The lowest BCUT2D eigenvalue weighted by Gasteiger charge is -2.47. The Morgan fingerprint density at radius 2 is 1.81 bits per heavy atom. The summed E-state index contributed by atoms with van der Waals surface area (Å²) in [7, 11) is 2.16. The quantitative estimate of drug-likeness (QED) is 0.606. The standard InChI is InChI=1S/C23H25NO2/c1-16-8-11-19(12-9-16)23(25)26-22(18-6-4-3-5-7-18)20-14-17-10-13-21(20)24(2)15-17/h3-13,17,20-22H,14-15H2,1-2H3. The van der Waals surface area contributed by atoms with E-state index in [4.69, 9.17) is 4.74 Å². The molecule has 0 amide bonds. The van der Waals surface area contributed by atoms with Gasteiger partial charge in [0, 0.05) is 18.5 Å². The van der Waals surface area contributed by atoms with Gasteiger partial charge in [-0.15, -0.1) is 0 Å². The van der Waals surface area contributed by atoms with Crippen LogP contribution in [0.5, 0.6) is 0 Å². The molecule has 0 radical (unpaired) electrons. The Morgan fingerprint density at radius 1 is 1.08 bits per heavy atom. The molecule has 0 spiro atoms. The van der Waals surface area contributed by atoms with E-state index in [1.165, 1.54) is 0 Å². The van der Waals surface area contributed by atoms with Crippen molar-refractivity contribution < 1.29 is 9.53 Å². The maximum atomic E-state index is 12.8. The van der Waals surface area contributed by atoms with E-state index in [0.29, 0.717) is 17.5 Å². The van der Waals surface area contributed by atoms with Crippen molar-refractivity contribution in [2.45, 2.75) is 25.5 Å². The smallest absolute Gasteiger partial charge is 0.338 e. The lowest BCUT2D eigenvalue weighted by molar-refractivity contribution is -0.0211. The normalized spacial score (nSPS) is 25.8. The number of aryl methyl sites for hydroxylation is 1. The van der Waals surface area contributed by atoms with Crippen LogP contribution in [0.1, 0.15) is 34.0 Å². The summed E-state index contributed by atoms with van der Waals surface area (Å²) < 4.78 is 6.10. The Labute approximate surface area is 155 Å². The van der Waals surface area contributed by atoms with Crippen molar-refractivity contribution in [1.82, 2.24) is 4.90 Å². The Kier molecular flexibility index (Phi) is 4.64. The maximum absolute atomic E-state index is 12.8. The van der Waals surface area contributed by atoms with Crippen molar-refractivity contribution in [3.8, 4) is 0 Å². The third kappa shape index (κ3) is 3.32. The van der Waals surface area contributed by atoms with Gasteiger partial charge in [0.1, 0.15) is 6.10 Å². The number of piperidine rings is 1. The summed E-state index contributed by atoms with van der Waals surface area (Å²) in [5.74, 6) is 0.576. The molecule has 2 aromatic carbocycles. The third-order valence-corrected chi connectivity index (χ3v) is 5.66. The number of likely N-dealkylation sites (N-methyl/N-ethyl adjacent to an activating group) is 1. The van der Waals surface area contributed by atoms with E-state index in [0.717, 1.165) is 24.1 Å². The molecule has 4 unspecified atom stereocenters. The van der Waals surface area contributed by atoms with Crippen LogP contribution in [0.3, 0.4) is 0 Å². The first-order valence-electron chi connectivity index (χ1n) is 9.33. The molecule has 3 heteroatoms. The number of ether oxygens (including phenoxy) is 1. The van der Waals surface area contributed by atoms with Gasteiger partial charge in [-0.1, -0.05) is 60.2 Å². The first-order chi connectivity index (χ1) is 12.6. The van der Waals surface area contributed by atoms with E-state index in [9.17, 15) is 4.79 Å². The summed E-state index contributed by atoms with van der Waals surface area (Å²) in [5.41, 5.74) is 2.83. The molecular weight excluding hydrogens is 322 g/mol. The Balaban J connectivity index is 1.63. The predicted molar refractivity (Wildman–Crippen MR) is 103 cm³/mol. The fraction of sp³-hybridized carbons (Fsp3) is 0.348. The maximum Gasteiger partial charge on any atom is 0.338 e. The first kappa shape index (κ1) is 17.0. The highest BCUT2D eigenvalue weighted by Gasteiger charge is 2.42. The average Bonchev–Trinajstić information content (AvgIpc) is 2.67. The molecule has 0 saturated carbocycles. The molecule has 1 aliphatic carbocycles. The highest BCUT2D eigenvalue weighted by molar-refractivity contribution is 5.89. The van der Waals surface area contributed by atoms with E-state index < -0.39 is 0 Å². The average molecular weight is 347 g/mol. The van der Waals surface area contributed by atoms with Gasteiger partial charge in [-0.05, 0) is 44.0 Å². The summed E-state index contributed by atoms with van der Waals surface area (Å²) in [6.07, 6.45) is 5.44. The highest BCUT2D eigenvalue weighted by atomic mass is 16.5. The van der Waals surface area contributed by atoms with Gasteiger partial charge < -0.3 is 4.74 Å². The number of benzene rings is 2. The van der Waals surface area contributed by atoms with Gasteiger partial charge in [-0.3, -0.25) is 4.90 Å². The van der Waals surface area contributed by atoms with Gasteiger partial charge in [0.15, 0.2) is 0 Å². The van der Waals surface area contributed by atoms with Gasteiger partial charge in [0.05, 0.1) is 5.56 Å². The third-order valence-electron chi connectivity index (χ3n) is 5.66. The van der Waals surface area contributed by atoms with Crippen molar-refractivity contribution in [3.05, 3.63) is 83.4 Å². The molecule has 2 aromatic rings. The van der Waals surface area contributed by atoms with Gasteiger partial charge in [-0.2, -0.15) is 0 Å². The largest absolute Gasteiger partial charge is 0.454 e. The van der Waals surface area contributed by atoms with Gasteiger partial charge in [0.25, 0.3) is 0 Å². The summed E-state index contributed by atoms with van der Waals surface area (Å²) in [4.78, 5) is 15.2. The molecule has 3 nitrogen and oxygen atoms in total. The minimum Gasteiger partial charge on any atom is -0.454 e. The van der Waals surface area contributed by atoms with Crippen molar-refractivity contribution in [2.24, 2.45) is 11.8 Å². The summed E-state index contributed by atoms with van der Waals surface area (Å²) in [6, 6.07) is 18.1. The second-order valence-corrected chi connectivity index (χ2v) is 7.58. The predicted octanol–water partition coefficient (Wildman–Crippen LogP) is 4.40. The second kappa shape index (κ2) is 7.08. The van der Waals surface area contributed by atoms with E-state index in [-0.39, 0.29) is 18.0 Å². The van der Waals surface area contributed by atoms with Crippen LogP contribution in [0.15, 0.2) is 66.7 Å². The molecule has 1 saturated heterocycles. The van der Waals surface area contributed by atoms with Gasteiger partial charge >= 0.3 is 5.97 Å². The number of hydrogen-bond acceptors (Lipinski definition) is 3. The van der Waals surface area contributed by atoms with E-state index >= 15 is 0 Å². The number of fused-ring (bicyclic) bond motifs is 2. The Bertz CT molecular complexity index is 797. The van der Waals surface area contributed by atoms with Crippen LogP contribution < -0.4 is 0 Å². The van der Waals surface area contributed by atoms with E-state index in [1.54, 1.807) is 0 Å². The topological polar surface area (TPSA) is 29.5 Å². The Morgan fingerprint density at radius 3 is 2.46 bits per heavy atom. The van der Waals surface area contributed by atoms with Crippen LogP contribution in [0, 0.1) is 18.8 Å². The molecule has 134 valence electrons. The zero-order valence-corrected chi connectivity index (χ0v) is 15.3. The molecule has 2 heterocycles. The van der Waals surface area contributed by atoms with Crippen LogP contribution in [-0.4, -0.2) is 30.5 Å². The lowest BCUT2D eigenvalue weighted by Crippen LogP contribution is -2.50. The van der Waals surface area contributed by atoms with Crippen molar-refractivity contribution in [3.63, 3.8) is 0 Å². The molecule has 0 aromatic heterocycles.